The van der Waals surface area contributed by atoms with E-state index >= 15 is 0 Å². The van der Waals surface area contributed by atoms with Crippen molar-refractivity contribution < 1.29 is 13.9 Å². The van der Waals surface area contributed by atoms with Gasteiger partial charge in [-0.1, -0.05) is 24.3 Å². The average molecular weight is 298 g/mol. The number of amides is 1. The highest BCUT2D eigenvalue weighted by Crippen LogP contribution is 2.22. The number of nitrogens with one attached hydrogen (secondary N) is 2. The van der Waals surface area contributed by atoms with Gasteiger partial charge in [0.1, 0.15) is 0 Å². The Labute approximate surface area is 126 Å². The Morgan fingerprint density at radius 3 is 2.91 bits per heavy atom. The predicted octanol–water partition coefficient (Wildman–Crippen LogP) is 3.63. The Morgan fingerprint density at radius 2 is 2.05 bits per heavy atom. The van der Waals surface area contributed by atoms with Crippen LogP contribution in [-0.4, -0.2) is 17.5 Å². The lowest BCUT2D eigenvalue weighted by atomic mass is 10.2. The van der Waals surface area contributed by atoms with Gasteiger partial charge in [0.25, 0.3) is 5.91 Å². The Balaban J connectivity index is 1.68. The summed E-state index contributed by atoms with van der Waals surface area (Å²) >= 11 is 0. The van der Waals surface area contributed by atoms with Gasteiger partial charge in [0.15, 0.2) is 18.2 Å². The van der Waals surface area contributed by atoms with Crippen LogP contribution < -0.4 is 10.1 Å². The number of benzene rings is 2. The number of hydrogen-bond donors (Lipinski definition) is 2. The van der Waals surface area contributed by atoms with Crippen molar-refractivity contribution in [1.82, 2.24) is 4.98 Å². The minimum atomic E-state index is -0.443. The molecule has 1 heterocycles. The molecule has 1 aromatic heterocycles. The summed E-state index contributed by atoms with van der Waals surface area (Å²) in [6.45, 7) is 1.39. The van der Waals surface area contributed by atoms with Crippen molar-refractivity contribution in [3.63, 3.8) is 0 Å². The minimum Gasteiger partial charge on any atom is -0.481 e. The quantitative estimate of drug-likeness (QED) is 0.772. The van der Waals surface area contributed by atoms with Crippen LogP contribution in [0.4, 0.5) is 10.1 Å². The Bertz CT molecular complexity index is 826. The highest BCUT2D eigenvalue weighted by atomic mass is 19.1. The van der Waals surface area contributed by atoms with Crippen molar-refractivity contribution in [1.29, 1.82) is 0 Å². The Morgan fingerprint density at radius 1 is 1.23 bits per heavy atom. The zero-order valence-electron chi connectivity index (χ0n) is 12.0. The first-order chi connectivity index (χ1) is 10.6. The van der Waals surface area contributed by atoms with E-state index in [1.54, 1.807) is 31.3 Å². The van der Waals surface area contributed by atoms with Crippen molar-refractivity contribution >= 4 is 22.5 Å². The van der Waals surface area contributed by atoms with Crippen LogP contribution in [0.1, 0.15) is 5.56 Å². The molecule has 0 fully saturated rings. The molecule has 4 nitrogen and oxygen atoms in total. The molecular weight excluding hydrogens is 283 g/mol. The second-order valence-corrected chi connectivity index (χ2v) is 4.97. The number of aryl methyl sites for hydroxylation is 1. The first-order valence-electron chi connectivity index (χ1n) is 6.89. The van der Waals surface area contributed by atoms with E-state index in [4.69, 9.17) is 4.74 Å². The van der Waals surface area contributed by atoms with Gasteiger partial charge in [0, 0.05) is 11.6 Å². The molecule has 0 bridgehead atoms. The van der Waals surface area contributed by atoms with E-state index in [9.17, 15) is 9.18 Å². The van der Waals surface area contributed by atoms with Crippen molar-refractivity contribution in [3.05, 3.63) is 60.0 Å². The number of hydrogen-bond acceptors (Lipinski definition) is 2. The zero-order chi connectivity index (χ0) is 15.5. The number of fused-ring (bicyclic) bond motifs is 1. The standard InChI is InChI=1S/C17H15FN2O2/c1-11-4-2-7-14(16(11)18)22-10-15(21)20-13-6-3-5-12-8-9-19-17(12)13/h2-9,19H,10H2,1H3,(H,20,21). The number of carbonyl (C=O) groups excluding carboxylic acids is 1. The second kappa shape index (κ2) is 5.89. The lowest BCUT2D eigenvalue weighted by Crippen LogP contribution is -2.20. The number of ether oxygens (including phenoxy) is 1. The fraction of sp³-hybridized carbons (Fsp3) is 0.118. The van der Waals surface area contributed by atoms with E-state index in [1.807, 2.05) is 18.2 Å². The van der Waals surface area contributed by atoms with Gasteiger partial charge in [0.2, 0.25) is 0 Å². The second-order valence-electron chi connectivity index (χ2n) is 4.97. The normalized spacial score (nSPS) is 10.6. The maximum absolute atomic E-state index is 13.8. The molecule has 0 radical (unpaired) electrons. The molecule has 0 unspecified atom stereocenters. The molecule has 1 amide bonds. The number of halogens is 1. The first-order valence-corrected chi connectivity index (χ1v) is 6.89. The van der Waals surface area contributed by atoms with Gasteiger partial charge in [-0.2, -0.15) is 0 Å². The maximum atomic E-state index is 13.8. The van der Waals surface area contributed by atoms with Crippen molar-refractivity contribution in [2.75, 3.05) is 11.9 Å². The van der Waals surface area contributed by atoms with Crippen LogP contribution in [0.3, 0.4) is 0 Å². The molecule has 3 aromatic rings. The van der Waals surface area contributed by atoms with Crippen LogP contribution >= 0.6 is 0 Å². The molecule has 22 heavy (non-hydrogen) atoms. The van der Waals surface area contributed by atoms with Crippen LogP contribution in [-0.2, 0) is 4.79 Å². The topological polar surface area (TPSA) is 54.1 Å². The maximum Gasteiger partial charge on any atom is 0.262 e. The number of anilines is 1. The lowest BCUT2D eigenvalue weighted by Gasteiger charge is -2.09. The van der Waals surface area contributed by atoms with Gasteiger partial charge in [-0.25, -0.2) is 4.39 Å². The van der Waals surface area contributed by atoms with E-state index in [0.717, 1.165) is 10.9 Å². The fourth-order valence-electron chi connectivity index (χ4n) is 2.25. The van der Waals surface area contributed by atoms with Crippen LogP contribution in [0.15, 0.2) is 48.7 Å². The van der Waals surface area contributed by atoms with E-state index < -0.39 is 5.82 Å². The lowest BCUT2D eigenvalue weighted by molar-refractivity contribution is -0.118. The monoisotopic (exact) mass is 298 g/mol. The van der Waals surface area contributed by atoms with Gasteiger partial charge in [0.05, 0.1) is 11.2 Å². The number of rotatable bonds is 4. The van der Waals surface area contributed by atoms with Gasteiger partial charge in [-0.05, 0) is 30.7 Å². The van der Waals surface area contributed by atoms with Crippen LogP contribution in [0.2, 0.25) is 0 Å². The van der Waals surface area contributed by atoms with E-state index in [2.05, 4.69) is 10.3 Å². The summed E-state index contributed by atoms with van der Waals surface area (Å²) in [5, 5.41) is 3.76. The molecule has 0 saturated carbocycles. The van der Waals surface area contributed by atoms with Crippen LogP contribution in [0.5, 0.6) is 5.75 Å². The smallest absolute Gasteiger partial charge is 0.262 e. The summed E-state index contributed by atoms with van der Waals surface area (Å²) in [6, 6.07) is 12.3. The predicted molar refractivity (Wildman–Crippen MR) is 83.6 cm³/mol. The molecule has 112 valence electrons. The van der Waals surface area contributed by atoms with Gasteiger partial charge in [-0.3, -0.25) is 4.79 Å². The molecule has 5 heteroatoms. The molecule has 0 saturated heterocycles. The third-order valence-corrected chi connectivity index (χ3v) is 3.38. The molecule has 0 spiro atoms. The van der Waals surface area contributed by atoms with Crippen molar-refractivity contribution in [2.24, 2.45) is 0 Å². The molecule has 2 N–H and O–H groups in total. The van der Waals surface area contributed by atoms with Gasteiger partial charge in [-0.15, -0.1) is 0 Å². The fourth-order valence-corrected chi connectivity index (χ4v) is 2.25. The summed E-state index contributed by atoms with van der Waals surface area (Å²) in [5.41, 5.74) is 1.99. The zero-order valence-corrected chi connectivity index (χ0v) is 12.0. The van der Waals surface area contributed by atoms with Gasteiger partial charge >= 0.3 is 0 Å². The molecular formula is C17H15FN2O2. The van der Waals surface area contributed by atoms with Crippen LogP contribution in [0, 0.1) is 12.7 Å². The summed E-state index contributed by atoms with van der Waals surface area (Å²) in [7, 11) is 0. The molecule has 3 rings (SSSR count). The number of aromatic nitrogens is 1. The Hall–Kier alpha value is -2.82. The number of H-pyrrole nitrogens is 1. The number of aromatic amines is 1. The molecule has 0 aliphatic heterocycles. The number of para-hydroxylation sites is 1. The highest BCUT2D eigenvalue weighted by Gasteiger charge is 2.10. The summed E-state index contributed by atoms with van der Waals surface area (Å²) < 4.78 is 19.0. The average Bonchev–Trinajstić information content (AvgIpc) is 2.98. The van der Waals surface area contributed by atoms with E-state index in [1.165, 1.54) is 6.07 Å². The third-order valence-electron chi connectivity index (χ3n) is 3.38. The molecule has 2 aromatic carbocycles. The molecule has 0 atom stereocenters. The van der Waals surface area contributed by atoms with E-state index in [-0.39, 0.29) is 18.3 Å². The molecule has 0 aliphatic carbocycles. The molecule has 0 aliphatic rings. The van der Waals surface area contributed by atoms with Crippen molar-refractivity contribution in [3.8, 4) is 5.75 Å². The van der Waals surface area contributed by atoms with Crippen LogP contribution in [0.25, 0.3) is 10.9 Å². The highest BCUT2D eigenvalue weighted by molar-refractivity contribution is 6.01. The first kappa shape index (κ1) is 14.1. The summed E-state index contributed by atoms with van der Waals surface area (Å²) in [4.78, 5) is 15.0. The minimum absolute atomic E-state index is 0.0771. The summed E-state index contributed by atoms with van der Waals surface area (Å²) in [5.74, 6) is -0.710. The third kappa shape index (κ3) is 2.79. The Kier molecular flexibility index (Phi) is 3.78. The van der Waals surface area contributed by atoms with Gasteiger partial charge < -0.3 is 15.0 Å². The summed E-state index contributed by atoms with van der Waals surface area (Å²) in [6.07, 6.45) is 1.80. The van der Waals surface area contributed by atoms with Crippen molar-refractivity contribution in [2.45, 2.75) is 6.92 Å². The SMILES string of the molecule is Cc1cccc(OCC(=O)Nc2cccc3cc[nH]c23)c1F. The number of carbonyl (C=O) groups is 1. The largest absolute Gasteiger partial charge is 0.481 e. The van der Waals surface area contributed by atoms with E-state index in [0.29, 0.717) is 11.3 Å².